The van der Waals surface area contributed by atoms with Gasteiger partial charge in [-0.25, -0.2) is 0 Å². The second kappa shape index (κ2) is 8.81. The topological polar surface area (TPSA) is 18.5 Å². The van der Waals surface area contributed by atoms with E-state index in [1.807, 2.05) is 0 Å². The van der Waals surface area contributed by atoms with Crippen LogP contribution in [0.25, 0.3) is 0 Å². The SMILES string of the molecule is CCc1ccc(C(CN2CCCCCC2)N2CCNCC2)cc1. The van der Waals surface area contributed by atoms with Crippen LogP contribution in [0.2, 0.25) is 0 Å². The highest BCUT2D eigenvalue weighted by Crippen LogP contribution is 2.24. The van der Waals surface area contributed by atoms with Crippen LogP contribution in [0.4, 0.5) is 0 Å². The second-order valence-corrected chi connectivity index (χ2v) is 7.11. The van der Waals surface area contributed by atoms with Gasteiger partial charge in [-0.15, -0.1) is 0 Å². The van der Waals surface area contributed by atoms with Gasteiger partial charge >= 0.3 is 0 Å². The Balaban J connectivity index is 1.74. The Kier molecular flexibility index (Phi) is 6.49. The molecule has 2 fully saturated rings. The van der Waals surface area contributed by atoms with E-state index in [1.54, 1.807) is 0 Å². The quantitative estimate of drug-likeness (QED) is 0.901. The van der Waals surface area contributed by atoms with Gasteiger partial charge in [-0.1, -0.05) is 44.0 Å². The summed E-state index contributed by atoms with van der Waals surface area (Å²) in [5, 5.41) is 3.50. The first-order valence-corrected chi connectivity index (χ1v) is 9.63. The zero-order valence-corrected chi connectivity index (χ0v) is 14.8. The fraction of sp³-hybridized carbons (Fsp3) is 0.700. The van der Waals surface area contributed by atoms with E-state index in [1.165, 1.54) is 69.5 Å². The molecule has 2 heterocycles. The summed E-state index contributed by atoms with van der Waals surface area (Å²) < 4.78 is 0. The minimum atomic E-state index is 0.557. The smallest absolute Gasteiger partial charge is 0.0476 e. The average Bonchev–Trinajstić information content (AvgIpc) is 2.89. The number of nitrogens with one attached hydrogen (secondary N) is 1. The van der Waals surface area contributed by atoms with E-state index >= 15 is 0 Å². The molecule has 0 aliphatic carbocycles. The summed E-state index contributed by atoms with van der Waals surface area (Å²) in [4.78, 5) is 5.41. The van der Waals surface area contributed by atoms with Gasteiger partial charge in [0.1, 0.15) is 0 Å². The lowest BCUT2D eigenvalue weighted by molar-refractivity contribution is 0.126. The Morgan fingerprint density at radius 2 is 1.57 bits per heavy atom. The number of hydrogen-bond donors (Lipinski definition) is 1. The van der Waals surface area contributed by atoms with Gasteiger partial charge in [0, 0.05) is 38.8 Å². The number of nitrogens with zero attached hydrogens (tertiary/aromatic N) is 2. The molecule has 1 aromatic rings. The Hall–Kier alpha value is -0.900. The molecule has 3 nitrogen and oxygen atoms in total. The van der Waals surface area contributed by atoms with E-state index in [-0.39, 0.29) is 0 Å². The molecule has 2 aliphatic heterocycles. The molecule has 23 heavy (non-hydrogen) atoms. The van der Waals surface area contributed by atoms with Gasteiger partial charge in [0.15, 0.2) is 0 Å². The van der Waals surface area contributed by atoms with Gasteiger partial charge in [0.2, 0.25) is 0 Å². The van der Waals surface area contributed by atoms with Crippen molar-refractivity contribution in [1.29, 1.82) is 0 Å². The maximum atomic E-state index is 3.50. The van der Waals surface area contributed by atoms with E-state index < -0.39 is 0 Å². The van der Waals surface area contributed by atoms with Crippen molar-refractivity contribution in [1.82, 2.24) is 15.1 Å². The van der Waals surface area contributed by atoms with Crippen LogP contribution in [0.1, 0.15) is 49.8 Å². The van der Waals surface area contributed by atoms with E-state index in [9.17, 15) is 0 Å². The van der Waals surface area contributed by atoms with Crippen molar-refractivity contribution >= 4 is 0 Å². The van der Waals surface area contributed by atoms with Crippen molar-refractivity contribution in [2.24, 2.45) is 0 Å². The molecule has 0 saturated carbocycles. The highest BCUT2D eigenvalue weighted by atomic mass is 15.2. The molecular weight excluding hydrogens is 282 g/mol. The van der Waals surface area contributed by atoms with Gasteiger partial charge in [-0.3, -0.25) is 4.90 Å². The second-order valence-electron chi connectivity index (χ2n) is 7.11. The van der Waals surface area contributed by atoms with Gasteiger partial charge in [-0.2, -0.15) is 0 Å². The van der Waals surface area contributed by atoms with Crippen LogP contribution in [0, 0.1) is 0 Å². The van der Waals surface area contributed by atoms with E-state index in [0.29, 0.717) is 6.04 Å². The van der Waals surface area contributed by atoms with E-state index in [0.717, 1.165) is 19.5 Å². The maximum absolute atomic E-state index is 3.50. The molecule has 2 saturated heterocycles. The molecule has 0 radical (unpaired) electrons. The van der Waals surface area contributed by atoms with Crippen molar-refractivity contribution in [3.63, 3.8) is 0 Å². The lowest BCUT2D eigenvalue weighted by atomic mass is 10.0. The Labute approximate surface area is 142 Å². The predicted octanol–water partition coefficient (Wildman–Crippen LogP) is 3.07. The molecule has 0 bridgehead atoms. The van der Waals surface area contributed by atoms with Crippen LogP contribution in [-0.2, 0) is 6.42 Å². The lowest BCUT2D eigenvalue weighted by Gasteiger charge is -2.38. The van der Waals surface area contributed by atoms with Gasteiger partial charge in [0.25, 0.3) is 0 Å². The van der Waals surface area contributed by atoms with Crippen molar-refractivity contribution in [2.45, 2.75) is 45.1 Å². The van der Waals surface area contributed by atoms with Crippen molar-refractivity contribution in [3.05, 3.63) is 35.4 Å². The first-order valence-electron chi connectivity index (χ1n) is 9.63. The predicted molar refractivity (Wildman–Crippen MR) is 97.9 cm³/mol. The summed E-state index contributed by atoms with van der Waals surface area (Å²) in [5.41, 5.74) is 2.95. The molecule has 1 N–H and O–H groups in total. The molecule has 3 rings (SSSR count). The van der Waals surface area contributed by atoms with Crippen LogP contribution < -0.4 is 5.32 Å². The Bertz CT molecular complexity index is 442. The summed E-state index contributed by atoms with van der Waals surface area (Å²) in [6.07, 6.45) is 6.72. The molecule has 1 aromatic carbocycles. The maximum Gasteiger partial charge on any atom is 0.0476 e. The number of benzene rings is 1. The van der Waals surface area contributed by atoms with Gasteiger partial charge in [0.05, 0.1) is 0 Å². The normalized spacial score (nSPS) is 22.7. The number of piperazine rings is 1. The van der Waals surface area contributed by atoms with Crippen LogP contribution in [0.15, 0.2) is 24.3 Å². The number of likely N-dealkylation sites (tertiary alicyclic amines) is 1. The monoisotopic (exact) mass is 315 g/mol. The minimum absolute atomic E-state index is 0.557. The Morgan fingerprint density at radius 1 is 0.913 bits per heavy atom. The summed E-state index contributed by atoms with van der Waals surface area (Å²) in [7, 11) is 0. The van der Waals surface area contributed by atoms with Crippen molar-refractivity contribution in [3.8, 4) is 0 Å². The van der Waals surface area contributed by atoms with Gasteiger partial charge < -0.3 is 10.2 Å². The van der Waals surface area contributed by atoms with Crippen LogP contribution in [0.3, 0.4) is 0 Å². The number of aryl methyl sites for hydroxylation is 1. The fourth-order valence-electron chi connectivity index (χ4n) is 3.96. The third-order valence-electron chi connectivity index (χ3n) is 5.49. The number of rotatable bonds is 5. The standard InChI is InChI=1S/C20H33N3/c1-2-18-7-9-19(10-8-18)20(23-15-11-21-12-16-23)17-22-13-5-3-4-6-14-22/h7-10,20-21H,2-6,11-17H2,1H3. The first-order chi connectivity index (χ1) is 11.4. The van der Waals surface area contributed by atoms with Crippen LogP contribution >= 0.6 is 0 Å². The zero-order chi connectivity index (χ0) is 15.9. The van der Waals surface area contributed by atoms with Crippen LogP contribution in [0.5, 0.6) is 0 Å². The third kappa shape index (κ3) is 4.79. The largest absolute Gasteiger partial charge is 0.314 e. The number of hydrogen-bond acceptors (Lipinski definition) is 3. The molecular formula is C20H33N3. The summed E-state index contributed by atoms with van der Waals surface area (Å²) in [6.45, 7) is 10.6. The molecule has 0 amide bonds. The summed E-state index contributed by atoms with van der Waals surface area (Å²) in [6, 6.07) is 9.97. The van der Waals surface area contributed by atoms with Crippen molar-refractivity contribution < 1.29 is 0 Å². The molecule has 0 aromatic heterocycles. The molecule has 1 atom stereocenters. The van der Waals surface area contributed by atoms with Crippen molar-refractivity contribution in [2.75, 3.05) is 45.8 Å². The summed E-state index contributed by atoms with van der Waals surface area (Å²) in [5.74, 6) is 0. The highest BCUT2D eigenvalue weighted by molar-refractivity contribution is 5.25. The first kappa shape index (κ1) is 16.9. The minimum Gasteiger partial charge on any atom is -0.314 e. The molecule has 0 spiro atoms. The Morgan fingerprint density at radius 3 is 2.17 bits per heavy atom. The molecule has 128 valence electrons. The van der Waals surface area contributed by atoms with E-state index in [4.69, 9.17) is 0 Å². The van der Waals surface area contributed by atoms with Crippen LogP contribution in [-0.4, -0.2) is 55.6 Å². The van der Waals surface area contributed by atoms with E-state index in [2.05, 4.69) is 46.3 Å². The van der Waals surface area contributed by atoms with Gasteiger partial charge in [-0.05, 0) is 43.5 Å². The molecule has 1 unspecified atom stereocenters. The fourth-order valence-corrected chi connectivity index (χ4v) is 3.96. The molecule has 2 aliphatic rings. The zero-order valence-electron chi connectivity index (χ0n) is 14.8. The average molecular weight is 316 g/mol. The summed E-state index contributed by atoms with van der Waals surface area (Å²) >= 11 is 0. The third-order valence-corrected chi connectivity index (χ3v) is 5.49. The lowest BCUT2D eigenvalue weighted by Crippen LogP contribution is -2.48. The highest BCUT2D eigenvalue weighted by Gasteiger charge is 2.24. The molecule has 3 heteroatoms.